The molecular formula is C25H29N3O3S. The molecule has 1 saturated heterocycles. The Bertz CT molecular complexity index is 956. The predicted molar refractivity (Wildman–Crippen MR) is 126 cm³/mol. The molecular weight excluding hydrogens is 422 g/mol. The Balaban J connectivity index is 1.25. The number of likely N-dealkylation sites (tertiary alicyclic amines) is 1. The van der Waals surface area contributed by atoms with Crippen LogP contribution in [0.15, 0.2) is 66.2 Å². The maximum atomic E-state index is 12.4. The summed E-state index contributed by atoms with van der Waals surface area (Å²) in [6.45, 7) is 5.03. The first-order valence-corrected chi connectivity index (χ1v) is 11.9. The second-order valence-electron chi connectivity index (χ2n) is 8.08. The summed E-state index contributed by atoms with van der Waals surface area (Å²) in [5, 5.41) is 5.16. The number of carbonyl (C=O) groups excluding carboxylic acids is 1. The number of aromatic nitrogens is 1. The fourth-order valence-electron chi connectivity index (χ4n) is 3.77. The van der Waals surface area contributed by atoms with Gasteiger partial charge in [-0.2, -0.15) is 0 Å². The van der Waals surface area contributed by atoms with Gasteiger partial charge >= 0.3 is 0 Å². The number of thiophene rings is 1. The van der Waals surface area contributed by atoms with Crippen molar-refractivity contribution in [2.75, 3.05) is 26.2 Å². The Morgan fingerprint density at radius 3 is 2.59 bits per heavy atom. The van der Waals surface area contributed by atoms with Crippen LogP contribution in [0.5, 0.6) is 17.4 Å². The minimum Gasteiger partial charge on any atom is -0.484 e. The van der Waals surface area contributed by atoms with Crippen LogP contribution < -0.4 is 14.8 Å². The van der Waals surface area contributed by atoms with E-state index in [2.05, 4.69) is 39.6 Å². The minimum atomic E-state index is -0.120. The zero-order valence-corrected chi connectivity index (χ0v) is 19.1. The molecule has 1 atom stereocenters. The van der Waals surface area contributed by atoms with E-state index in [0.717, 1.165) is 19.0 Å². The first kappa shape index (κ1) is 22.3. The van der Waals surface area contributed by atoms with Crippen molar-refractivity contribution < 1.29 is 14.3 Å². The highest BCUT2D eigenvalue weighted by Crippen LogP contribution is 2.29. The SMILES string of the molecule is CC1CCN(C(CNC(=O)COc2ccc(Oc3ccccn3)cc2)c2cccs2)CC1. The molecule has 3 aromatic rings. The van der Waals surface area contributed by atoms with Gasteiger partial charge in [0.2, 0.25) is 5.88 Å². The molecule has 1 aliphatic rings. The standard InChI is InChI=1S/C25H29N3O3S/c1-19-11-14-28(15-12-19)22(23-5-4-16-32-23)17-27-24(29)18-30-20-7-9-21(10-8-20)31-25-6-2-3-13-26-25/h2-10,13,16,19,22H,11-12,14-15,17-18H2,1H3,(H,27,29). The number of benzene rings is 1. The number of hydrogen-bond donors (Lipinski definition) is 1. The summed E-state index contributed by atoms with van der Waals surface area (Å²) < 4.78 is 11.3. The number of hydrogen-bond acceptors (Lipinski definition) is 6. The summed E-state index contributed by atoms with van der Waals surface area (Å²) in [6, 6.07) is 17.1. The van der Waals surface area contributed by atoms with Gasteiger partial charge in [0.05, 0.1) is 6.04 Å². The summed E-state index contributed by atoms with van der Waals surface area (Å²) in [4.78, 5) is 20.4. The monoisotopic (exact) mass is 451 g/mol. The Morgan fingerprint density at radius 2 is 1.91 bits per heavy atom. The van der Waals surface area contributed by atoms with Crippen molar-refractivity contribution in [1.29, 1.82) is 0 Å². The van der Waals surface area contributed by atoms with E-state index in [9.17, 15) is 4.79 Å². The highest BCUT2D eigenvalue weighted by Gasteiger charge is 2.25. The van der Waals surface area contributed by atoms with Crippen LogP contribution in [-0.4, -0.2) is 42.0 Å². The van der Waals surface area contributed by atoms with Gasteiger partial charge in [-0.3, -0.25) is 9.69 Å². The second kappa shape index (κ2) is 11.1. The van der Waals surface area contributed by atoms with E-state index in [-0.39, 0.29) is 18.6 Å². The van der Waals surface area contributed by atoms with Crippen molar-refractivity contribution in [1.82, 2.24) is 15.2 Å². The van der Waals surface area contributed by atoms with Gasteiger partial charge in [-0.05, 0) is 73.6 Å². The molecule has 0 saturated carbocycles. The number of pyridine rings is 1. The molecule has 0 radical (unpaired) electrons. The van der Waals surface area contributed by atoms with Gasteiger partial charge in [-0.1, -0.05) is 19.1 Å². The lowest BCUT2D eigenvalue weighted by Gasteiger charge is -2.36. The Labute approximate surface area is 193 Å². The smallest absolute Gasteiger partial charge is 0.258 e. The third-order valence-corrected chi connectivity index (χ3v) is 6.65. The van der Waals surface area contributed by atoms with Crippen LogP contribution in [0, 0.1) is 5.92 Å². The zero-order chi connectivity index (χ0) is 22.2. The summed E-state index contributed by atoms with van der Waals surface area (Å²) >= 11 is 1.75. The van der Waals surface area contributed by atoms with Crippen LogP contribution in [-0.2, 0) is 4.79 Å². The van der Waals surface area contributed by atoms with Gasteiger partial charge in [-0.15, -0.1) is 11.3 Å². The highest BCUT2D eigenvalue weighted by molar-refractivity contribution is 7.10. The molecule has 3 heterocycles. The maximum absolute atomic E-state index is 12.4. The molecule has 0 aliphatic carbocycles. The molecule has 6 nitrogen and oxygen atoms in total. The van der Waals surface area contributed by atoms with E-state index >= 15 is 0 Å². The third-order valence-electron chi connectivity index (χ3n) is 5.68. The lowest BCUT2D eigenvalue weighted by atomic mass is 9.97. The van der Waals surface area contributed by atoms with Crippen molar-refractivity contribution in [3.05, 3.63) is 71.1 Å². The topological polar surface area (TPSA) is 63.7 Å². The quantitative estimate of drug-likeness (QED) is 0.501. The first-order valence-electron chi connectivity index (χ1n) is 11.0. The van der Waals surface area contributed by atoms with Crippen LogP contribution in [0.1, 0.15) is 30.7 Å². The number of carbonyl (C=O) groups is 1. The average Bonchev–Trinajstić information content (AvgIpc) is 3.35. The van der Waals surface area contributed by atoms with E-state index in [0.29, 0.717) is 23.9 Å². The first-order chi connectivity index (χ1) is 15.7. The van der Waals surface area contributed by atoms with Crippen LogP contribution in [0.4, 0.5) is 0 Å². The van der Waals surface area contributed by atoms with Crippen molar-refractivity contribution >= 4 is 17.2 Å². The van der Waals surface area contributed by atoms with E-state index in [1.54, 1.807) is 47.9 Å². The van der Waals surface area contributed by atoms with Crippen molar-refractivity contribution in [2.45, 2.75) is 25.8 Å². The number of nitrogens with zero attached hydrogens (tertiary/aromatic N) is 2. The van der Waals surface area contributed by atoms with Crippen LogP contribution in [0.25, 0.3) is 0 Å². The third kappa shape index (κ3) is 6.31. The molecule has 1 aliphatic heterocycles. The van der Waals surface area contributed by atoms with E-state index in [1.807, 2.05) is 12.1 Å². The fourth-order valence-corrected chi connectivity index (χ4v) is 4.63. The zero-order valence-electron chi connectivity index (χ0n) is 18.3. The molecule has 2 aromatic heterocycles. The Kier molecular flexibility index (Phi) is 7.74. The molecule has 32 heavy (non-hydrogen) atoms. The molecule has 1 N–H and O–H groups in total. The molecule has 0 spiro atoms. The number of amides is 1. The highest BCUT2D eigenvalue weighted by atomic mass is 32.1. The number of ether oxygens (including phenoxy) is 2. The van der Waals surface area contributed by atoms with Crippen molar-refractivity contribution in [3.63, 3.8) is 0 Å². The summed E-state index contributed by atoms with van der Waals surface area (Å²) in [7, 11) is 0. The predicted octanol–water partition coefficient (Wildman–Crippen LogP) is 4.90. The summed E-state index contributed by atoms with van der Waals surface area (Å²) in [5.74, 6) is 2.47. The largest absolute Gasteiger partial charge is 0.484 e. The van der Waals surface area contributed by atoms with E-state index < -0.39 is 0 Å². The Morgan fingerprint density at radius 1 is 1.12 bits per heavy atom. The second-order valence-corrected chi connectivity index (χ2v) is 9.06. The number of nitrogens with one attached hydrogen (secondary N) is 1. The average molecular weight is 452 g/mol. The van der Waals surface area contributed by atoms with Gasteiger partial charge in [0, 0.05) is 23.7 Å². The Hall–Kier alpha value is -2.90. The van der Waals surface area contributed by atoms with Crippen LogP contribution in [0.2, 0.25) is 0 Å². The number of piperidine rings is 1. The van der Waals surface area contributed by atoms with Gasteiger partial charge in [0.25, 0.3) is 5.91 Å². The van der Waals surface area contributed by atoms with E-state index in [1.165, 1.54) is 17.7 Å². The van der Waals surface area contributed by atoms with Gasteiger partial charge < -0.3 is 14.8 Å². The van der Waals surface area contributed by atoms with Gasteiger partial charge in [0.1, 0.15) is 11.5 Å². The lowest BCUT2D eigenvalue weighted by Crippen LogP contribution is -2.42. The molecule has 1 aromatic carbocycles. The molecule has 1 amide bonds. The number of rotatable bonds is 9. The molecule has 7 heteroatoms. The normalized spacial score (nSPS) is 15.8. The van der Waals surface area contributed by atoms with Crippen LogP contribution in [0.3, 0.4) is 0 Å². The van der Waals surface area contributed by atoms with E-state index in [4.69, 9.17) is 9.47 Å². The van der Waals surface area contributed by atoms with Gasteiger partial charge in [-0.25, -0.2) is 4.98 Å². The molecule has 4 rings (SSSR count). The summed E-state index contributed by atoms with van der Waals surface area (Å²) in [5.41, 5.74) is 0. The van der Waals surface area contributed by atoms with Gasteiger partial charge in [0.15, 0.2) is 6.61 Å². The molecule has 0 bridgehead atoms. The van der Waals surface area contributed by atoms with Crippen molar-refractivity contribution in [2.24, 2.45) is 5.92 Å². The maximum Gasteiger partial charge on any atom is 0.258 e. The lowest BCUT2D eigenvalue weighted by molar-refractivity contribution is -0.123. The molecule has 168 valence electrons. The van der Waals surface area contributed by atoms with Crippen LogP contribution >= 0.6 is 11.3 Å². The minimum absolute atomic E-state index is 0.0192. The fraction of sp³-hybridized carbons (Fsp3) is 0.360. The summed E-state index contributed by atoms with van der Waals surface area (Å²) in [6.07, 6.45) is 4.10. The van der Waals surface area contributed by atoms with Crippen molar-refractivity contribution in [3.8, 4) is 17.4 Å². The molecule has 1 fully saturated rings. The molecule has 1 unspecified atom stereocenters.